The van der Waals surface area contributed by atoms with Crippen molar-refractivity contribution in [1.29, 1.82) is 0 Å². The fraction of sp³-hybridized carbons (Fsp3) is 0. The Kier molecular flexibility index (Phi) is 0.400. The minimum absolute atomic E-state index is 0. The monoisotopic (exact) mass is 69.0 g/mol. The van der Waals surface area contributed by atoms with E-state index in [0.29, 0.717) is 0 Å². The van der Waals surface area contributed by atoms with E-state index in [1.165, 1.54) is 6.20 Å². The van der Waals surface area contributed by atoms with Crippen LogP contribution in [0.3, 0.4) is 0 Å². The van der Waals surface area contributed by atoms with Crippen LogP contribution in [0.5, 0.6) is 0 Å². The Hall–Kier alpha value is -0.860. The summed E-state index contributed by atoms with van der Waals surface area (Å²) >= 11 is 0. The molecular formula is C2H3N3+. The third kappa shape index (κ3) is 0.238. The lowest BCUT2D eigenvalue weighted by Crippen LogP contribution is -1.62. The second kappa shape index (κ2) is 0.839. The maximum atomic E-state index is 3.29. The predicted molar refractivity (Wildman–Crippen MR) is 16.3 cm³/mol. The number of nitrogens with one attached hydrogen (secondary N) is 1. The molecule has 0 amide bonds. The van der Waals surface area contributed by atoms with Crippen LogP contribution in [-0.2, 0) is 0 Å². The number of nitrogens with zero attached hydrogens (tertiary/aromatic N) is 2. The van der Waals surface area contributed by atoms with Gasteiger partial charge in [0.15, 0.2) is 0 Å². The molecule has 0 aliphatic carbocycles. The first-order valence-corrected chi connectivity index (χ1v) is 1.22. The van der Waals surface area contributed by atoms with Gasteiger partial charge >= 0.3 is 1.43 Å². The summed E-state index contributed by atoms with van der Waals surface area (Å²) in [6.07, 6.45) is 3.97. The highest BCUT2D eigenvalue weighted by Gasteiger charge is 1.59. The van der Waals surface area contributed by atoms with Gasteiger partial charge in [-0.3, -0.25) is 5.10 Å². The van der Waals surface area contributed by atoms with E-state index >= 15 is 0 Å². The highest BCUT2D eigenvalue weighted by Crippen LogP contribution is 1.53. The normalized spacial score (nSPS) is 8.00. The standard InChI is InChI=1S/C2H2N3/c1-2-4-5-3-1/h1H,(H,3,4,5)/p+1. The highest BCUT2D eigenvalue weighted by atomic mass is 15.3. The zero-order valence-electron chi connectivity index (χ0n) is 3.47. The van der Waals surface area contributed by atoms with E-state index in [1.807, 2.05) is 0 Å². The Bertz CT molecular complexity index is 65.3. The average molecular weight is 69.1 g/mol. The summed E-state index contributed by atoms with van der Waals surface area (Å²) in [4.78, 5) is 0. The second-order valence-corrected chi connectivity index (χ2v) is 0.603. The van der Waals surface area contributed by atoms with Gasteiger partial charge in [-0.1, -0.05) is 5.21 Å². The summed E-state index contributed by atoms with van der Waals surface area (Å²) in [5, 5.41) is 9.03. The largest absolute Gasteiger partial charge is 1.00 e. The summed E-state index contributed by atoms with van der Waals surface area (Å²) < 4.78 is 0. The van der Waals surface area contributed by atoms with Crippen LogP contribution in [0.25, 0.3) is 0 Å². The van der Waals surface area contributed by atoms with Crippen LogP contribution in [0.15, 0.2) is 6.20 Å². The molecule has 0 bridgehead atoms. The molecule has 0 spiro atoms. The zero-order valence-corrected chi connectivity index (χ0v) is 2.47. The average Bonchev–Trinajstić information content (AvgIpc) is 1.76. The van der Waals surface area contributed by atoms with Gasteiger partial charge in [-0.2, -0.15) is 0 Å². The molecule has 0 aliphatic heterocycles. The van der Waals surface area contributed by atoms with Crippen LogP contribution in [0.2, 0.25) is 0 Å². The topological polar surface area (TPSA) is 41.6 Å². The van der Waals surface area contributed by atoms with E-state index in [9.17, 15) is 0 Å². The summed E-state index contributed by atoms with van der Waals surface area (Å²) in [6, 6.07) is 0. The van der Waals surface area contributed by atoms with Crippen LogP contribution in [0.4, 0.5) is 0 Å². The van der Waals surface area contributed by atoms with E-state index in [2.05, 4.69) is 21.6 Å². The molecule has 0 aromatic carbocycles. The minimum atomic E-state index is 0. The van der Waals surface area contributed by atoms with E-state index in [4.69, 9.17) is 0 Å². The quantitative estimate of drug-likeness (QED) is 0.455. The van der Waals surface area contributed by atoms with Crippen LogP contribution >= 0.6 is 0 Å². The fourth-order valence-electron chi connectivity index (χ4n) is 0.144. The van der Waals surface area contributed by atoms with Gasteiger partial charge in [-0.25, -0.2) is 0 Å². The van der Waals surface area contributed by atoms with Gasteiger partial charge in [0.05, 0.1) is 6.20 Å². The Balaban J connectivity index is 0.000000250. The summed E-state index contributed by atoms with van der Waals surface area (Å²) in [5.74, 6) is 0. The molecule has 1 aromatic heterocycles. The number of hydrogen-bond donors (Lipinski definition) is 1. The lowest BCUT2D eigenvalue weighted by atomic mass is 11.0. The van der Waals surface area contributed by atoms with Gasteiger partial charge in [-0.15, -0.1) is 5.10 Å². The molecule has 3 nitrogen and oxygen atoms in total. The maximum absolute atomic E-state index is 3.29. The summed E-state index contributed by atoms with van der Waals surface area (Å²) in [7, 11) is 0. The SMILES string of the molecule is [H+].[c]1c[nH]nn1. The van der Waals surface area contributed by atoms with Crippen molar-refractivity contribution >= 4 is 0 Å². The number of hydrogen-bond acceptors (Lipinski definition) is 2. The molecule has 0 fully saturated rings. The Morgan fingerprint density at radius 1 is 2.00 bits per heavy atom. The van der Waals surface area contributed by atoms with E-state index in [-0.39, 0.29) is 1.43 Å². The number of aromatic amines is 1. The van der Waals surface area contributed by atoms with Crippen molar-refractivity contribution in [2.45, 2.75) is 0 Å². The lowest BCUT2D eigenvalue weighted by molar-refractivity contribution is 0.938. The van der Waals surface area contributed by atoms with Gasteiger partial charge in [-0.05, 0) is 0 Å². The van der Waals surface area contributed by atoms with Gasteiger partial charge in [0.2, 0.25) is 0 Å². The first kappa shape index (κ1) is 2.38. The van der Waals surface area contributed by atoms with Crippen LogP contribution < -0.4 is 0 Å². The molecule has 1 N–H and O–H groups in total. The fourth-order valence-corrected chi connectivity index (χ4v) is 0.144. The maximum Gasteiger partial charge on any atom is 1.00 e. The van der Waals surface area contributed by atoms with Crippen molar-refractivity contribution in [1.82, 2.24) is 15.4 Å². The highest BCUT2D eigenvalue weighted by molar-refractivity contribution is 4.50. The molecule has 3 heteroatoms. The van der Waals surface area contributed by atoms with Crippen LogP contribution in [-0.4, -0.2) is 15.4 Å². The number of H-pyrrole nitrogens is 1. The molecule has 5 heavy (non-hydrogen) atoms. The Morgan fingerprint density at radius 2 is 3.00 bits per heavy atom. The van der Waals surface area contributed by atoms with Gasteiger partial charge in [0.1, 0.15) is 6.20 Å². The first-order valence-electron chi connectivity index (χ1n) is 1.22. The van der Waals surface area contributed by atoms with Crippen molar-refractivity contribution in [2.75, 3.05) is 0 Å². The van der Waals surface area contributed by atoms with Crippen LogP contribution in [0, 0.1) is 6.20 Å². The minimum Gasteiger partial charge on any atom is -0.265 e. The smallest absolute Gasteiger partial charge is 0.265 e. The van der Waals surface area contributed by atoms with E-state index in [0.717, 1.165) is 0 Å². The van der Waals surface area contributed by atoms with Crippen molar-refractivity contribution in [3.05, 3.63) is 12.4 Å². The molecule has 1 aromatic rings. The van der Waals surface area contributed by atoms with Crippen LogP contribution in [0.1, 0.15) is 1.43 Å². The molecule has 0 aliphatic rings. The summed E-state index contributed by atoms with van der Waals surface area (Å²) in [5.41, 5.74) is 0. The lowest BCUT2D eigenvalue weighted by Gasteiger charge is -1.46. The molecule has 1 radical (unpaired) electrons. The second-order valence-electron chi connectivity index (χ2n) is 0.603. The molecule has 0 saturated heterocycles. The Labute approximate surface area is 30.5 Å². The van der Waals surface area contributed by atoms with Crippen molar-refractivity contribution < 1.29 is 1.43 Å². The molecule has 0 atom stereocenters. The van der Waals surface area contributed by atoms with Crippen molar-refractivity contribution in [2.24, 2.45) is 0 Å². The Morgan fingerprint density at radius 3 is 3.20 bits per heavy atom. The molecule has 25 valence electrons. The van der Waals surface area contributed by atoms with Crippen molar-refractivity contribution in [3.8, 4) is 0 Å². The third-order valence-electron chi connectivity index (χ3n) is 0.295. The molecule has 0 saturated carbocycles. The van der Waals surface area contributed by atoms with E-state index < -0.39 is 0 Å². The first-order chi connectivity index (χ1) is 2.50. The number of aromatic nitrogens is 3. The zero-order chi connectivity index (χ0) is 3.54. The third-order valence-corrected chi connectivity index (χ3v) is 0.295. The number of rotatable bonds is 0. The van der Waals surface area contributed by atoms with Gasteiger partial charge in [0, 0.05) is 0 Å². The molecule has 0 unspecified atom stereocenters. The molecular weight excluding hydrogens is 66.0 g/mol. The summed E-state index contributed by atoms with van der Waals surface area (Å²) in [6.45, 7) is 0. The van der Waals surface area contributed by atoms with Gasteiger partial charge < -0.3 is 0 Å². The van der Waals surface area contributed by atoms with E-state index in [1.54, 1.807) is 0 Å². The van der Waals surface area contributed by atoms with Crippen molar-refractivity contribution in [3.63, 3.8) is 0 Å². The van der Waals surface area contributed by atoms with Gasteiger partial charge in [0.25, 0.3) is 0 Å². The molecule has 1 rings (SSSR count). The molecule has 1 heterocycles. The predicted octanol–water partition coefficient (Wildman–Crippen LogP) is -0.283.